The highest BCUT2D eigenvalue weighted by molar-refractivity contribution is 5.87. The summed E-state index contributed by atoms with van der Waals surface area (Å²) in [7, 11) is 0. The van der Waals surface area contributed by atoms with Crippen molar-refractivity contribution in [2.75, 3.05) is 32.8 Å². The molecule has 1 aliphatic heterocycles. The Hall–Kier alpha value is -1.72. The molecular formula is C16H21FN2O2. The summed E-state index contributed by atoms with van der Waals surface area (Å²) < 4.78 is 18.3. The summed E-state index contributed by atoms with van der Waals surface area (Å²) >= 11 is 0. The van der Waals surface area contributed by atoms with E-state index in [1.54, 1.807) is 12.1 Å². The summed E-state index contributed by atoms with van der Waals surface area (Å²) in [5.41, 5.74) is 0.903. The van der Waals surface area contributed by atoms with Crippen LogP contribution in [-0.4, -0.2) is 43.7 Å². The van der Waals surface area contributed by atoms with Gasteiger partial charge in [-0.3, -0.25) is 9.69 Å². The van der Waals surface area contributed by atoms with Gasteiger partial charge in [-0.2, -0.15) is 0 Å². The fourth-order valence-corrected chi connectivity index (χ4v) is 2.38. The molecule has 0 aliphatic carbocycles. The number of ether oxygens (including phenoxy) is 1. The number of morpholine rings is 1. The molecule has 0 aromatic heterocycles. The first-order valence-electron chi connectivity index (χ1n) is 7.17. The second kappa shape index (κ2) is 7.90. The average Bonchev–Trinajstić information content (AvgIpc) is 2.53. The van der Waals surface area contributed by atoms with Gasteiger partial charge in [0.1, 0.15) is 5.82 Å². The maximum Gasteiger partial charge on any atom is 0.243 e. The summed E-state index contributed by atoms with van der Waals surface area (Å²) in [6.07, 6.45) is 2.02. The number of nitrogens with one attached hydrogen (secondary N) is 1. The molecule has 1 aromatic carbocycles. The van der Waals surface area contributed by atoms with Crippen molar-refractivity contribution in [2.24, 2.45) is 0 Å². The number of carbonyl (C=O) groups excluding carboxylic acids is 1. The molecule has 0 saturated carbocycles. The molecule has 1 saturated heterocycles. The second-order valence-electron chi connectivity index (χ2n) is 5.06. The lowest BCUT2D eigenvalue weighted by atomic mass is 10.0. The first kappa shape index (κ1) is 15.7. The predicted molar refractivity (Wildman–Crippen MR) is 79.4 cm³/mol. The summed E-state index contributed by atoms with van der Waals surface area (Å²) in [5.74, 6) is -0.493. The van der Waals surface area contributed by atoms with Gasteiger partial charge < -0.3 is 10.1 Å². The first-order valence-corrected chi connectivity index (χ1v) is 7.17. The van der Waals surface area contributed by atoms with E-state index in [1.165, 1.54) is 18.2 Å². The molecule has 0 bridgehead atoms. The van der Waals surface area contributed by atoms with Gasteiger partial charge in [-0.25, -0.2) is 4.39 Å². The van der Waals surface area contributed by atoms with Gasteiger partial charge in [0.25, 0.3) is 0 Å². The van der Waals surface area contributed by atoms with E-state index in [0.717, 1.165) is 44.8 Å². The van der Waals surface area contributed by atoms with Crippen molar-refractivity contribution in [3.63, 3.8) is 0 Å². The third kappa shape index (κ3) is 4.95. The minimum Gasteiger partial charge on any atom is -0.379 e. The molecule has 21 heavy (non-hydrogen) atoms. The molecule has 1 unspecified atom stereocenters. The third-order valence-corrected chi connectivity index (χ3v) is 3.61. The second-order valence-corrected chi connectivity index (χ2v) is 5.06. The number of hydrogen-bond donors (Lipinski definition) is 1. The van der Waals surface area contributed by atoms with Crippen molar-refractivity contribution in [1.29, 1.82) is 0 Å². The number of halogens is 1. The topological polar surface area (TPSA) is 41.6 Å². The molecule has 0 radical (unpaired) electrons. The van der Waals surface area contributed by atoms with E-state index >= 15 is 0 Å². The molecule has 1 fully saturated rings. The van der Waals surface area contributed by atoms with Gasteiger partial charge in [-0.15, -0.1) is 0 Å². The number of amides is 1. The molecular weight excluding hydrogens is 271 g/mol. The highest BCUT2D eigenvalue weighted by Crippen LogP contribution is 2.18. The van der Waals surface area contributed by atoms with Crippen LogP contribution in [0.2, 0.25) is 0 Å². The lowest BCUT2D eigenvalue weighted by Gasteiger charge is -2.28. The third-order valence-electron chi connectivity index (χ3n) is 3.61. The van der Waals surface area contributed by atoms with E-state index < -0.39 is 0 Å². The summed E-state index contributed by atoms with van der Waals surface area (Å²) in [5, 5.41) is 2.90. The van der Waals surface area contributed by atoms with Crippen LogP contribution in [0.15, 0.2) is 36.9 Å². The maximum absolute atomic E-state index is 13.0. The monoisotopic (exact) mass is 292 g/mol. The smallest absolute Gasteiger partial charge is 0.243 e. The molecule has 0 spiro atoms. The van der Waals surface area contributed by atoms with E-state index in [0.29, 0.717) is 0 Å². The van der Waals surface area contributed by atoms with Crippen LogP contribution in [0.1, 0.15) is 18.0 Å². The van der Waals surface area contributed by atoms with Crippen molar-refractivity contribution < 1.29 is 13.9 Å². The van der Waals surface area contributed by atoms with Crippen LogP contribution >= 0.6 is 0 Å². The van der Waals surface area contributed by atoms with Crippen LogP contribution in [0.5, 0.6) is 0 Å². The zero-order chi connectivity index (χ0) is 15.1. The Bertz CT molecular complexity index is 470. The average molecular weight is 292 g/mol. The highest BCUT2D eigenvalue weighted by atomic mass is 19.1. The van der Waals surface area contributed by atoms with Gasteiger partial charge in [-0.1, -0.05) is 18.7 Å². The molecule has 1 aliphatic rings. The summed E-state index contributed by atoms with van der Waals surface area (Å²) in [4.78, 5) is 13.9. The predicted octanol–water partition coefficient (Wildman–Crippen LogP) is 1.89. The van der Waals surface area contributed by atoms with Crippen molar-refractivity contribution in [1.82, 2.24) is 10.2 Å². The molecule has 114 valence electrons. The Kier molecular flexibility index (Phi) is 5.90. The van der Waals surface area contributed by atoms with E-state index in [4.69, 9.17) is 4.74 Å². The van der Waals surface area contributed by atoms with Gasteiger partial charge in [0.15, 0.2) is 0 Å². The number of hydrogen-bond acceptors (Lipinski definition) is 3. The number of benzene rings is 1. The van der Waals surface area contributed by atoms with E-state index in [1.807, 2.05) is 0 Å². The molecule has 1 N–H and O–H groups in total. The zero-order valence-corrected chi connectivity index (χ0v) is 12.1. The summed E-state index contributed by atoms with van der Waals surface area (Å²) in [6.45, 7) is 7.65. The lowest BCUT2D eigenvalue weighted by Crippen LogP contribution is -2.38. The van der Waals surface area contributed by atoms with Crippen molar-refractivity contribution in [3.05, 3.63) is 48.3 Å². The molecule has 5 heteroatoms. The van der Waals surface area contributed by atoms with Gasteiger partial charge in [0.2, 0.25) is 5.91 Å². The molecule has 1 aromatic rings. The SMILES string of the molecule is C=CC(=O)NC(CCN1CCOCC1)c1ccc(F)cc1. The van der Waals surface area contributed by atoms with Crippen LogP contribution < -0.4 is 5.32 Å². The molecule has 1 atom stereocenters. The van der Waals surface area contributed by atoms with Gasteiger partial charge in [0, 0.05) is 19.6 Å². The van der Waals surface area contributed by atoms with Crippen LogP contribution in [0.25, 0.3) is 0 Å². The fourth-order valence-electron chi connectivity index (χ4n) is 2.38. The largest absolute Gasteiger partial charge is 0.379 e. The Labute approximate surface area is 124 Å². The quantitative estimate of drug-likeness (QED) is 0.814. The van der Waals surface area contributed by atoms with Crippen molar-refractivity contribution >= 4 is 5.91 Å². The molecule has 2 rings (SSSR count). The van der Waals surface area contributed by atoms with Crippen LogP contribution in [0, 0.1) is 5.82 Å². The molecule has 1 heterocycles. The van der Waals surface area contributed by atoms with Crippen LogP contribution in [0.4, 0.5) is 4.39 Å². The fraction of sp³-hybridized carbons (Fsp3) is 0.438. The standard InChI is InChI=1S/C16H21FN2O2/c1-2-16(20)18-15(13-3-5-14(17)6-4-13)7-8-19-9-11-21-12-10-19/h2-6,15H,1,7-12H2,(H,18,20). The van der Waals surface area contributed by atoms with Crippen molar-refractivity contribution in [3.8, 4) is 0 Å². The Balaban J connectivity index is 1.98. The summed E-state index contributed by atoms with van der Waals surface area (Å²) in [6, 6.07) is 6.11. The van der Waals surface area contributed by atoms with Crippen molar-refractivity contribution in [2.45, 2.75) is 12.5 Å². The highest BCUT2D eigenvalue weighted by Gasteiger charge is 2.16. The maximum atomic E-state index is 13.0. The van der Waals surface area contributed by atoms with E-state index in [2.05, 4.69) is 16.8 Å². The lowest BCUT2D eigenvalue weighted by molar-refractivity contribution is -0.117. The van der Waals surface area contributed by atoms with Crippen LogP contribution in [0.3, 0.4) is 0 Å². The minimum atomic E-state index is -0.277. The number of carbonyl (C=O) groups is 1. The van der Waals surface area contributed by atoms with Crippen LogP contribution in [-0.2, 0) is 9.53 Å². The van der Waals surface area contributed by atoms with Gasteiger partial charge >= 0.3 is 0 Å². The minimum absolute atomic E-state index is 0.140. The van der Waals surface area contributed by atoms with Gasteiger partial charge in [-0.05, 0) is 30.2 Å². The van der Waals surface area contributed by atoms with E-state index in [-0.39, 0.29) is 17.8 Å². The van der Waals surface area contributed by atoms with Gasteiger partial charge in [0.05, 0.1) is 19.3 Å². The first-order chi connectivity index (χ1) is 10.2. The number of rotatable bonds is 6. The zero-order valence-electron chi connectivity index (χ0n) is 12.1. The molecule has 4 nitrogen and oxygen atoms in total. The molecule has 1 amide bonds. The normalized spacial score (nSPS) is 17.2. The Morgan fingerprint density at radius 1 is 1.38 bits per heavy atom. The Morgan fingerprint density at radius 2 is 2.05 bits per heavy atom. The van der Waals surface area contributed by atoms with E-state index in [9.17, 15) is 9.18 Å². The number of nitrogens with zero attached hydrogens (tertiary/aromatic N) is 1. The Morgan fingerprint density at radius 3 is 2.67 bits per heavy atom.